The first-order chi connectivity index (χ1) is 12.5. The van der Waals surface area contributed by atoms with Gasteiger partial charge >= 0.3 is 0 Å². The van der Waals surface area contributed by atoms with Crippen LogP contribution in [0.25, 0.3) is 0 Å². The van der Waals surface area contributed by atoms with E-state index in [1.807, 2.05) is 32.0 Å². The Morgan fingerprint density at radius 3 is 2.27 bits per heavy atom. The van der Waals surface area contributed by atoms with Crippen molar-refractivity contribution >= 4 is 23.4 Å². The molecule has 5 rings (SSSR count). The number of hydrogen-bond acceptors (Lipinski definition) is 3. The van der Waals surface area contributed by atoms with Gasteiger partial charge in [-0.05, 0) is 55.7 Å². The Balaban J connectivity index is 1.41. The van der Waals surface area contributed by atoms with E-state index in [2.05, 4.69) is 17.5 Å². The molecule has 1 aromatic carbocycles. The van der Waals surface area contributed by atoms with Gasteiger partial charge in [-0.25, -0.2) is 0 Å². The number of carbonyl (C=O) groups excluding carboxylic acids is 3. The third kappa shape index (κ3) is 2.66. The molecule has 1 aromatic rings. The number of amides is 3. The van der Waals surface area contributed by atoms with Crippen molar-refractivity contribution < 1.29 is 14.4 Å². The highest BCUT2D eigenvalue weighted by Gasteiger charge is 2.56. The summed E-state index contributed by atoms with van der Waals surface area (Å²) in [6.07, 6.45) is 6.33. The Morgan fingerprint density at radius 1 is 1.08 bits per heavy atom. The highest BCUT2D eigenvalue weighted by Crippen LogP contribution is 2.49. The SMILES string of the molecule is Cc1cccc(NC(=O)CCN2C(=O)[C@@H]3[C@H](C2=O)[C@H]2C=C[C@H]3CC2)c1C. The number of imide groups is 1. The molecule has 2 fully saturated rings. The van der Waals surface area contributed by atoms with Crippen LogP contribution in [0.3, 0.4) is 0 Å². The van der Waals surface area contributed by atoms with Crippen LogP contribution in [-0.2, 0) is 14.4 Å². The van der Waals surface area contributed by atoms with Crippen molar-refractivity contribution in [3.05, 3.63) is 41.5 Å². The van der Waals surface area contributed by atoms with E-state index < -0.39 is 0 Å². The van der Waals surface area contributed by atoms with Crippen LogP contribution in [0.15, 0.2) is 30.4 Å². The number of allylic oxidation sites excluding steroid dienone is 2. The van der Waals surface area contributed by atoms with E-state index in [0.29, 0.717) is 0 Å². The first-order valence-corrected chi connectivity index (χ1v) is 9.37. The lowest BCUT2D eigenvalue weighted by molar-refractivity contribution is -0.140. The predicted molar refractivity (Wildman–Crippen MR) is 98.2 cm³/mol. The maximum absolute atomic E-state index is 12.7. The topological polar surface area (TPSA) is 66.5 Å². The largest absolute Gasteiger partial charge is 0.326 e. The third-order valence-corrected chi connectivity index (χ3v) is 6.29. The van der Waals surface area contributed by atoms with Crippen LogP contribution in [0.2, 0.25) is 0 Å². The van der Waals surface area contributed by atoms with Gasteiger partial charge < -0.3 is 5.32 Å². The summed E-state index contributed by atoms with van der Waals surface area (Å²) in [5.74, 6) is -0.362. The summed E-state index contributed by atoms with van der Waals surface area (Å²) in [7, 11) is 0. The number of hydrogen-bond donors (Lipinski definition) is 1. The molecule has 5 heteroatoms. The number of benzene rings is 1. The zero-order valence-electron chi connectivity index (χ0n) is 15.2. The van der Waals surface area contributed by atoms with Gasteiger partial charge in [-0.2, -0.15) is 0 Å². The molecule has 4 atom stereocenters. The van der Waals surface area contributed by atoms with E-state index in [4.69, 9.17) is 0 Å². The molecule has 26 heavy (non-hydrogen) atoms. The monoisotopic (exact) mass is 352 g/mol. The zero-order valence-corrected chi connectivity index (χ0v) is 15.2. The number of fused-ring (bicyclic) bond motifs is 1. The summed E-state index contributed by atoms with van der Waals surface area (Å²) >= 11 is 0. The second-order valence-corrected chi connectivity index (χ2v) is 7.72. The lowest BCUT2D eigenvalue weighted by Gasteiger charge is -2.38. The molecule has 3 amide bonds. The van der Waals surface area contributed by atoms with Crippen molar-refractivity contribution in [1.82, 2.24) is 4.90 Å². The Bertz CT molecular complexity index is 781. The molecule has 5 nitrogen and oxygen atoms in total. The molecule has 1 saturated heterocycles. The van der Waals surface area contributed by atoms with Crippen molar-refractivity contribution in [3.63, 3.8) is 0 Å². The minimum absolute atomic E-state index is 0.0846. The van der Waals surface area contributed by atoms with Gasteiger partial charge in [0, 0.05) is 18.7 Å². The van der Waals surface area contributed by atoms with E-state index in [-0.39, 0.29) is 54.4 Å². The van der Waals surface area contributed by atoms with Crippen molar-refractivity contribution in [1.29, 1.82) is 0 Å². The van der Waals surface area contributed by atoms with Gasteiger partial charge in [0.15, 0.2) is 0 Å². The number of nitrogens with zero attached hydrogens (tertiary/aromatic N) is 1. The lowest BCUT2D eigenvalue weighted by atomic mass is 9.63. The molecule has 0 aromatic heterocycles. The highest BCUT2D eigenvalue weighted by atomic mass is 16.2. The minimum Gasteiger partial charge on any atom is -0.326 e. The average Bonchev–Trinajstić information content (AvgIpc) is 2.91. The quantitative estimate of drug-likeness (QED) is 0.669. The van der Waals surface area contributed by atoms with E-state index in [0.717, 1.165) is 29.7 Å². The van der Waals surface area contributed by atoms with Crippen LogP contribution in [0, 0.1) is 37.5 Å². The summed E-state index contributed by atoms with van der Waals surface area (Å²) < 4.78 is 0. The van der Waals surface area contributed by atoms with Crippen molar-refractivity contribution in [3.8, 4) is 0 Å². The number of rotatable bonds is 4. The highest BCUT2D eigenvalue weighted by molar-refractivity contribution is 6.06. The molecule has 0 unspecified atom stereocenters. The average molecular weight is 352 g/mol. The molecule has 1 heterocycles. The van der Waals surface area contributed by atoms with Crippen LogP contribution >= 0.6 is 0 Å². The Kier molecular flexibility index (Phi) is 4.17. The second-order valence-electron chi connectivity index (χ2n) is 7.72. The van der Waals surface area contributed by atoms with E-state index in [9.17, 15) is 14.4 Å². The van der Waals surface area contributed by atoms with Crippen LogP contribution < -0.4 is 5.32 Å². The summed E-state index contributed by atoms with van der Waals surface area (Å²) in [4.78, 5) is 39.2. The van der Waals surface area contributed by atoms with Crippen LogP contribution in [-0.4, -0.2) is 29.2 Å². The van der Waals surface area contributed by atoms with E-state index >= 15 is 0 Å². The number of aryl methyl sites for hydroxylation is 1. The fraction of sp³-hybridized carbons (Fsp3) is 0.476. The molecule has 2 bridgehead atoms. The van der Waals surface area contributed by atoms with Crippen molar-refractivity contribution in [2.45, 2.75) is 33.1 Å². The van der Waals surface area contributed by atoms with Crippen molar-refractivity contribution in [2.75, 3.05) is 11.9 Å². The van der Waals surface area contributed by atoms with Crippen LogP contribution in [0.4, 0.5) is 5.69 Å². The molecule has 1 saturated carbocycles. The minimum atomic E-state index is -0.201. The first kappa shape index (κ1) is 17.0. The number of carbonyl (C=O) groups is 3. The van der Waals surface area contributed by atoms with Crippen LogP contribution in [0.5, 0.6) is 0 Å². The van der Waals surface area contributed by atoms with Gasteiger partial charge in [-0.3, -0.25) is 19.3 Å². The molecule has 0 spiro atoms. The summed E-state index contributed by atoms with van der Waals surface area (Å²) in [6, 6.07) is 5.76. The Labute approximate surface area is 153 Å². The maximum Gasteiger partial charge on any atom is 0.233 e. The maximum atomic E-state index is 12.7. The lowest BCUT2D eigenvalue weighted by Crippen LogP contribution is -2.38. The van der Waals surface area contributed by atoms with Gasteiger partial charge in [0.05, 0.1) is 11.8 Å². The van der Waals surface area contributed by atoms with E-state index in [1.54, 1.807) is 0 Å². The standard InChI is InChI=1S/C21H24N2O3/c1-12-4-3-5-16(13(12)2)22-17(24)10-11-23-20(25)18-14-6-7-15(9-8-14)19(18)21(23)26/h3-7,14-15,18-19H,8-11H2,1-2H3,(H,22,24)/t14-,15-,18-,19+/m0/s1. The third-order valence-electron chi connectivity index (χ3n) is 6.29. The van der Waals surface area contributed by atoms with Crippen molar-refractivity contribution in [2.24, 2.45) is 23.7 Å². The summed E-state index contributed by atoms with van der Waals surface area (Å²) in [6.45, 7) is 4.13. The molecule has 0 radical (unpaired) electrons. The Morgan fingerprint density at radius 2 is 1.69 bits per heavy atom. The molecule has 136 valence electrons. The molecule has 3 aliphatic carbocycles. The predicted octanol–water partition coefficient (Wildman–Crippen LogP) is 2.83. The van der Waals surface area contributed by atoms with E-state index in [1.165, 1.54) is 4.90 Å². The summed E-state index contributed by atoms with van der Waals surface area (Å²) in [5.41, 5.74) is 2.92. The van der Waals surface area contributed by atoms with Gasteiger partial charge in [0.2, 0.25) is 17.7 Å². The fourth-order valence-electron chi connectivity index (χ4n) is 4.67. The smallest absolute Gasteiger partial charge is 0.233 e. The number of likely N-dealkylation sites (tertiary alicyclic amines) is 1. The first-order valence-electron chi connectivity index (χ1n) is 9.37. The molecule has 4 aliphatic rings. The zero-order chi connectivity index (χ0) is 18.4. The Hall–Kier alpha value is -2.43. The van der Waals surface area contributed by atoms with Gasteiger partial charge in [-0.15, -0.1) is 0 Å². The number of anilines is 1. The van der Waals surface area contributed by atoms with Crippen LogP contribution in [0.1, 0.15) is 30.4 Å². The normalized spacial score (nSPS) is 29.2. The molecular formula is C21H24N2O3. The van der Waals surface area contributed by atoms with Gasteiger partial charge in [0.1, 0.15) is 0 Å². The van der Waals surface area contributed by atoms with Gasteiger partial charge in [-0.1, -0.05) is 24.3 Å². The fourth-order valence-corrected chi connectivity index (χ4v) is 4.67. The molecule has 1 aliphatic heterocycles. The summed E-state index contributed by atoms with van der Waals surface area (Å²) in [5, 5.41) is 2.90. The molecule has 1 N–H and O–H groups in total. The number of nitrogens with one attached hydrogen (secondary N) is 1. The van der Waals surface area contributed by atoms with Gasteiger partial charge in [0.25, 0.3) is 0 Å². The second kappa shape index (κ2) is 6.38. The molecular weight excluding hydrogens is 328 g/mol.